The lowest BCUT2D eigenvalue weighted by atomic mass is 10.2. The number of aldehydes is 1. The van der Waals surface area contributed by atoms with Crippen LogP contribution in [0, 0.1) is 0 Å². The van der Waals surface area contributed by atoms with E-state index in [0.717, 1.165) is 19.1 Å². The van der Waals surface area contributed by atoms with E-state index in [9.17, 15) is 9.59 Å². The summed E-state index contributed by atoms with van der Waals surface area (Å²) in [6.07, 6.45) is 2.90. The van der Waals surface area contributed by atoms with E-state index < -0.39 is 18.0 Å². The van der Waals surface area contributed by atoms with Crippen LogP contribution in [0.4, 0.5) is 0 Å². The van der Waals surface area contributed by atoms with Crippen LogP contribution in [0.3, 0.4) is 0 Å². The second-order valence-corrected chi connectivity index (χ2v) is 3.62. The van der Waals surface area contributed by atoms with Crippen molar-refractivity contribution in [3.63, 3.8) is 0 Å². The molecular formula is C10H16O6. The van der Waals surface area contributed by atoms with E-state index in [0.29, 0.717) is 12.8 Å². The monoisotopic (exact) mass is 232 g/mol. The molecule has 16 heavy (non-hydrogen) atoms. The van der Waals surface area contributed by atoms with Crippen molar-refractivity contribution in [1.29, 1.82) is 0 Å². The van der Waals surface area contributed by atoms with Crippen molar-refractivity contribution in [3.8, 4) is 0 Å². The Morgan fingerprint density at radius 1 is 1.50 bits per heavy atom. The minimum atomic E-state index is -1.48. The van der Waals surface area contributed by atoms with Crippen molar-refractivity contribution in [1.82, 2.24) is 0 Å². The third-order valence-electron chi connectivity index (χ3n) is 2.24. The first-order valence-corrected chi connectivity index (χ1v) is 5.17. The molecule has 0 aromatic heterocycles. The van der Waals surface area contributed by atoms with Gasteiger partial charge in [-0.2, -0.15) is 4.89 Å². The molecule has 0 spiro atoms. The summed E-state index contributed by atoms with van der Waals surface area (Å²) in [7, 11) is 1.25. The Morgan fingerprint density at radius 2 is 2.25 bits per heavy atom. The van der Waals surface area contributed by atoms with Crippen molar-refractivity contribution < 1.29 is 28.8 Å². The van der Waals surface area contributed by atoms with E-state index in [2.05, 4.69) is 4.74 Å². The summed E-state index contributed by atoms with van der Waals surface area (Å²) in [6, 6.07) is 0. The topological polar surface area (TPSA) is 71.1 Å². The number of carbonyl (C=O) groups is 2. The summed E-state index contributed by atoms with van der Waals surface area (Å²) in [5, 5.41) is 0. The number of rotatable bonds is 6. The summed E-state index contributed by atoms with van der Waals surface area (Å²) < 4.78 is 9.79. The normalized spacial score (nSPS) is 29.0. The van der Waals surface area contributed by atoms with Crippen molar-refractivity contribution in [2.24, 2.45) is 0 Å². The molecule has 0 aromatic rings. The van der Waals surface area contributed by atoms with Crippen LogP contribution in [0.15, 0.2) is 0 Å². The second-order valence-electron chi connectivity index (χ2n) is 3.62. The Kier molecular flexibility index (Phi) is 4.85. The summed E-state index contributed by atoms with van der Waals surface area (Å²) >= 11 is 0. The number of methoxy groups -OCH3 is 1. The molecule has 0 radical (unpaired) electrons. The largest absolute Gasteiger partial charge is 0.465 e. The lowest BCUT2D eigenvalue weighted by Gasteiger charge is -2.16. The Bertz CT molecular complexity index is 254. The van der Waals surface area contributed by atoms with Gasteiger partial charge in [0.05, 0.1) is 7.11 Å². The van der Waals surface area contributed by atoms with Gasteiger partial charge in [-0.1, -0.05) is 0 Å². The van der Waals surface area contributed by atoms with Gasteiger partial charge in [0.2, 0.25) is 0 Å². The molecule has 2 atom stereocenters. The third-order valence-corrected chi connectivity index (χ3v) is 2.24. The number of hydrogen-bond donors (Lipinski definition) is 0. The molecule has 0 aliphatic carbocycles. The van der Waals surface area contributed by atoms with Gasteiger partial charge >= 0.3 is 5.97 Å². The fourth-order valence-electron chi connectivity index (χ4n) is 1.35. The molecule has 1 fully saturated rings. The second kappa shape index (κ2) is 5.93. The Balaban J connectivity index is 2.29. The highest BCUT2D eigenvalue weighted by molar-refractivity contribution is 5.77. The molecule has 0 bridgehead atoms. The van der Waals surface area contributed by atoms with E-state index in [1.807, 2.05) is 0 Å². The molecular weight excluding hydrogens is 216 g/mol. The smallest absolute Gasteiger partial charge is 0.369 e. The lowest BCUT2D eigenvalue weighted by Crippen LogP contribution is -2.38. The molecule has 0 aromatic carbocycles. The van der Waals surface area contributed by atoms with Crippen molar-refractivity contribution >= 4 is 12.3 Å². The first-order valence-electron chi connectivity index (χ1n) is 5.17. The Hall–Kier alpha value is -0.980. The van der Waals surface area contributed by atoms with Crippen LogP contribution >= 0.6 is 0 Å². The van der Waals surface area contributed by atoms with Gasteiger partial charge < -0.3 is 14.3 Å². The Labute approximate surface area is 93.7 Å². The fourth-order valence-corrected chi connectivity index (χ4v) is 1.35. The van der Waals surface area contributed by atoms with Gasteiger partial charge in [-0.3, -0.25) is 0 Å². The zero-order valence-corrected chi connectivity index (χ0v) is 9.43. The van der Waals surface area contributed by atoms with Crippen LogP contribution in [0.2, 0.25) is 0 Å². The maximum atomic E-state index is 11.3. The minimum Gasteiger partial charge on any atom is -0.465 e. The highest BCUT2D eigenvalue weighted by Gasteiger charge is 2.47. The van der Waals surface area contributed by atoms with Crippen LogP contribution in [0.1, 0.15) is 32.6 Å². The zero-order valence-electron chi connectivity index (χ0n) is 9.43. The lowest BCUT2D eigenvalue weighted by molar-refractivity contribution is -0.321. The van der Waals surface area contributed by atoms with Gasteiger partial charge in [-0.05, 0) is 12.8 Å². The first-order chi connectivity index (χ1) is 7.62. The predicted octanol–water partition coefficient (Wildman–Crippen LogP) is 0.939. The molecule has 1 saturated heterocycles. The number of hydrogen-bond acceptors (Lipinski definition) is 6. The van der Waals surface area contributed by atoms with E-state index in [1.165, 1.54) is 14.0 Å². The maximum absolute atomic E-state index is 11.3. The van der Waals surface area contributed by atoms with Gasteiger partial charge in [-0.25, -0.2) is 9.68 Å². The molecule has 1 aliphatic heterocycles. The number of unbranched alkanes of at least 4 members (excludes halogenated alkanes) is 2. The molecule has 1 rings (SSSR count). The van der Waals surface area contributed by atoms with E-state index in [1.54, 1.807) is 0 Å². The zero-order chi connectivity index (χ0) is 12.0. The summed E-state index contributed by atoms with van der Waals surface area (Å²) in [4.78, 5) is 31.0. The van der Waals surface area contributed by atoms with Crippen molar-refractivity contribution in [2.45, 2.75) is 44.7 Å². The quantitative estimate of drug-likeness (QED) is 0.294. The van der Waals surface area contributed by atoms with Crippen LogP contribution in [-0.4, -0.2) is 31.4 Å². The fraction of sp³-hybridized carbons (Fsp3) is 0.800. The average molecular weight is 232 g/mol. The van der Waals surface area contributed by atoms with Crippen LogP contribution in [-0.2, 0) is 28.8 Å². The summed E-state index contributed by atoms with van der Waals surface area (Å²) in [6.45, 7) is 1.43. The van der Waals surface area contributed by atoms with E-state index in [-0.39, 0.29) is 0 Å². The van der Waals surface area contributed by atoms with Crippen molar-refractivity contribution in [3.05, 3.63) is 0 Å². The maximum Gasteiger partial charge on any atom is 0.369 e. The molecule has 0 N–H and O–H groups in total. The molecule has 1 heterocycles. The highest BCUT2D eigenvalue weighted by Crippen LogP contribution is 2.28. The Morgan fingerprint density at radius 3 is 2.88 bits per heavy atom. The van der Waals surface area contributed by atoms with Crippen LogP contribution < -0.4 is 0 Å². The highest BCUT2D eigenvalue weighted by atomic mass is 17.3. The molecule has 0 saturated carbocycles. The summed E-state index contributed by atoms with van der Waals surface area (Å²) in [5.41, 5.74) is 0. The number of carbonyl (C=O) groups excluding carboxylic acids is 2. The summed E-state index contributed by atoms with van der Waals surface area (Å²) in [5.74, 6) is -2.12. The van der Waals surface area contributed by atoms with E-state index >= 15 is 0 Å². The molecule has 92 valence electrons. The van der Waals surface area contributed by atoms with Gasteiger partial charge in [0.15, 0.2) is 6.29 Å². The van der Waals surface area contributed by atoms with Crippen LogP contribution in [0.25, 0.3) is 0 Å². The number of esters is 1. The standard InChI is InChI=1S/C10H16O6/c1-10(9(12)13-2)14-8(15-16-10)6-4-3-5-7-11/h7-8H,3-6H2,1-2H3. The average Bonchev–Trinajstić information content (AvgIpc) is 2.67. The molecule has 0 amide bonds. The SMILES string of the molecule is COC(=O)C1(C)OOC(CCCCC=O)O1. The number of ether oxygens (including phenoxy) is 2. The molecule has 2 unspecified atom stereocenters. The minimum absolute atomic E-state index is 0.516. The van der Waals surface area contributed by atoms with Crippen molar-refractivity contribution in [2.75, 3.05) is 7.11 Å². The molecule has 1 aliphatic rings. The first kappa shape index (κ1) is 13.1. The van der Waals surface area contributed by atoms with E-state index in [4.69, 9.17) is 14.5 Å². The van der Waals surface area contributed by atoms with Gasteiger partial charge in [0.1, 0.15) is 6.29 Å². The van der Waals surface area contributed by atoms with Gasteiger partial charge in [0.25, 0.3) is 5.79 Å². The van der Waals surface area contributed by atoms with Gasteiger partial charge in [0, 0.05) is 19.8 Å². The molecule has 6 nitrogen and oxygen atoms in total. The third kappa shape index (κ3) is 3.26. The molecule has 6 heteroatoms. The predicted molar refractivity (Wildman–Crippen MR) is 52.0 cm³/mol. The van der Waals surface area contributed by atoms with Gasteiger partial charge in [-0.15, -0.1) is 0 Å². The van der Waals surface area contributed by atoms with Crippen LogP contribution in [0.5, 0.6) is 0 Å².